The number of para-hydroxylation sites is 2. The van der Waals surface area contributed by atoms with Gasteiger partial charge in [0.05, 0.1) is 27.5 Å². The van der Waals surface area contributed by atoms with Gasteiger partial charge in [0.25, 0.3) is 0 Å². The Labute approximate surface area is 611 Å². The Morgan fingerprint density at radius 1 is 0.210 bits per heavy atom. The zero-order valence-corrected chi connectivity index (χ0v) is 58.9. The van der Waals surface area contributed by atoms with Crippen LogP contribution in [0, 0.1) is 0 Å². The number of hydrogen-bond acceptors (Lipinski definition) is 0. The molecule has 2 heterocycles. The first-order valence-electron chi connectivity index (χ1n) is 37.0. The predicted octanol–water partition coefficient (Wildman–Crippen LogP) is 26.8. The quantitative estimate of drug-likeness (QED) is 0.134. The molecule has 16 aromatic carbocycles. The lowest BCUT2D eigenvalue weighted by Crippen LogP contribution is -2.26. The molecular formula is C103H70N2. The molecule has 492 valence electrons. The molecule has 0 saturated carbocycles. The van der Waals surface area contributed by atoms with E-state index in [0.29, 0.717) is 0 Å². The van der Waals surface area contributed by atoms with Gasteiger partial charge in [0, 0.05) is 43.7 Å². The molecule has 0 radical (unpaired) electrons. The number of rotatable bonds is 8. The average molecular weight is 1340 g/mol. The van der Waals surface area contributed by atoms with E-state index in [2.05, 4.69) is 389 Å². The van der Waals surface area contributed by atoms with Gasteiger partial charge in [0.1, 0.15) is 0 Å². The standard InChI is InChI=1S/C103H70N2/c1-101(2)91-53-63(33-45-79(91)81-49-39-73(61-93(81)101)71-41-51-99-87(59-71)85-23-11-15-27-97(85)104(99)75-43-37-67-17-5-7-19-69(67)57-75)29-31-65-35-47-83-84-48-36-66(56-96(84)103(95(83)55-65)89-25-13-9-21-77(89)78-22-10-14-26-90(78)103)32-30-64-34-46-80-82-50-40-74(62-94(82)102(3,4)92(80)54-64)72-42-52-100-88(60-72)86-24-12-16-28-98(86)105(100)76-44-38-68-18-6-8-20-70(68)58-76/h5-62H,1-4H3/b31-29+,32-30+. The first-order valence-corrected chi connectivity index (χ1v) is 37.0. The Bertz CT molecular complexity index is 6490. The minimum Gasteiger partial charge on any atom is -0.309 e. The molecule has 0 aliphatic heterocycles. The fourth-order valence-corrected chi connectivity index (χ4v) is 19.3. The predicted molar refractivity (Wildman–Crippen MR) is 443 cm³/mol. The molecule has 22 rings (SSSR count). The van der Waals surface area contributed by atoms with E-state index in [0.717, 1.165) is 0 Å². The molecular weight excluding hydrogens is 1270 g/mol. The van der Waals surface area contributed by atoms with Gasteiger partial charge in [-0.05, 0) is 240 Å². The number of hydrogen-bond donors (Lipinski definition) is 0. The molecule has 0 saturated heterocycles. The van der Waals surface area contributed by atoms with E-state index in [-0.39, 0.29) is 10.8 Å². The molecule has 1 spiro atoms. The molecule has 0 N–H and O–H groups in total. The van der Waals surface area contributed by atoms with Crippen molar-refractivity contribution in [2.75, 3.05) is 0 Å². The maximum absolute atomic E-state index is 2.49. The van der Waals surface area contributed by atoms with E-state index < -0.39 is 5.41 Å². The highest BCUT2D eigenvalue weighted by molar-refractivity contribution is 6.12. The van der Waals surface area contributed by atoms with Crippen molar-refractivity contribution in [3.63, 3.8) is 0 Å². The minimum atomic E-state index is -0.499. The van der Waals surface area contributed by atoms with Crippen molar-refractivity contribution >= 4 is 89.5 Å². The first-order chi connectivity index (χ1) is 51.5. The molecule has 2 aromatic heterocycles. The van der Waals surface area contributed by atoms with Crippen LogP contribution in [0.2, 0.25) is 0 Å². The summed E-state index contributed by atoms with van der Waals surface area (Å²) in [6.45, 7) is 9.62. The maximum Gasteiger partial charge on any atom is 0.0725 e. The monoisotopic (exact) mass is 1330 g/mol. The lowest BCUT2D eigenvalue weighted by Gasteiger charge is -2.30. The van der Waals surface area contributed by atoms with Gasteiger partial charge < -0.3 is 9.13 Å². The van der Waals surface area contributed by atoms with Crippen LogP contribution in [0.5, 0.6) is 0 Å². The van der Waals surface area contributed by atoms with E-state index in [1.165, 1.54) is 210 Å². The molecule has 0 fully saturated rings. The van der Waals surface area contributed by atoms with Crippen LogP contribution in [-0.4, -0.2) is 9.13 Å². The highest BCUT2D eigenvalue weighted by Crippen LogP contribution is 2.63. The number of fused-ring (bicyclic) bond motifs is 24. The summed E-state index contributed by atoms with van der Waals surface area (Å²) in [5.74, 6) is 0. The van der Waals surface area contributed by atoms with Gasteiger partial charge >= 0.3 is 0 Å². The van der Waals surface area contributed by atoms with Crippen LogP contribution in [0.15, 0.2) is 328 Å². The van der Waals surface area contributed by atoms with Crippen molar-refractivity contribution in [1.29, 1.82) is 0 Å². The number of aromatic nitrogens is 2. The van der Waals surface area contributed by atoms with Crippen molar-refractivity contribution in [3.8, 4) is 78.1 Å². The lowest BCUT2D eigenvalue weighted by atomic mass is 9.70. The molecule has 0 atom stereocenters. The van der Waals surface area contributed by atoms with Gasteiger partial charge in [-0.2, -0.15) is 0 Å². The third kappa shape index (κ3) is 8.66. The summed E-state index contributed by atoms with van der Waals surface area (Å²) in [5, 5.41) is 10.0. The van der Waals surface area contributed by atoms with Crippen LogP contribution in [0.25, 0.3) is 168 Å². The number of benzene rings is 16. The Morgan fingerprint density at radius 3 is 0.943 bits per heavy atom. The fraction of sp³-hybridized carbons (Fsp3) is 0.0680. The summed E-state index contributed by atoms with van der Waals surface area (Å²) in [5.41, 5.74) is 37.3. The summed E-state index contributed by atoms with van der Waals surface area (Å²) in [4.78, 5) is 0. The Kier molecular flexibility index (Phi) is 12.6. The van der Waals surface area contributed by atoms with Crippen molar-refractivity contribution in [3.05, 3.63) is 394 Å². The summed E-state index contributed by atoms with van der Waals surface area (Å²) < 4.78 is 4.85. The van der Waals surface area contributed by atoms with Gasteiger partial charge in [-0.25, -0.2) is 0 Å². The average Bonchev–Trinajstić information content (AvgIpc) is 1.51. The molecule has 105 heavy (non-hydrogen) atoms. The molecule has 2 heteroatoms. The fourth-order valence-electron chi connectivity index (χ4n) is 19.3. The van der Waals surface area contributed by atoms with Crippen LogP contribution in [-0.2, 0) is 16.2 Å². The second-order valence-corrected chi connectivity index (χ2v) is 30.7. The Morgan fingerprint density at radius 2 is 0.514 bits per heavy atom. The number of nitrogens with zero attached hydrogens (tertiary/aromatic N) is 2. The Balaban J connectivity index is 0.560. The molecule has 2 nitrogen and oxygen atoms in total. The second kappa shape index (κ2) is 22.1. The lowest BCUT2D eigenvalue weighted by molar-refractivity contribution is 0.660. The third-order valence-corrected chi connectivity index (χ3v) is 24.5. The summed E-state index contributed by atoms with van der Waals surface area (Å²) in [6, 6.07) is 124. The molecule has 0 amide bonds. The van der Waals surface area contributed by atoms with Gasteiger partial charge in [-0.15, -0.1) is 0 Å². The minimum absolute atomic E-state index is 0.204. The highest BCUT2D eigenvalue weighted by atomic mass is 15.0. The molecule has 0 unspecified atom stereocenters. The highest BCUT2D eigenvalue weighted by Gasteiger charge is 2.52. The SMILES string of the molecule is CC1(C)c2cc(/C=C/c3ccc4c(c3)C3(c5ccccc5-c5ccccc53)c3cc(/C=C/c5ccc6c(c5)C(C)(C)c5cc(-c7ccc8c(c7)c7ccccc7n8-c7ccc8ccccc8c7)ccc5-6)ccc3-4)ccc2-c2ccc(-c3ccc4c(c3)c3ccccc3n4-c3ccc4ccccc4c3)cc21. The van der Waals surface area contributed by atoms with E-state index in [1.807, 2.05) is 0 Å². The first kappa shape index (κ1) is 59.8. The normalized spacial score (nSPS) is 14.4. The van der Waals surface area contributed by atoms with E-state index in [4.69, 9.17) is 0 Å². The third-order valence-electron chi connectivity index (χ3n) is 24.5. The van der Waals surface area contributed by atoms with Crippen LogP contribution >= 0.6 is 0 Å². The molecule has 18 aromatic rings. The van der Waals surface area contributed by atoms with Gasteiger partial charge in [0.15, 0.2) is 0 Å². The Hall–Kier alpha value is -12.9. The second-order valence-electron chi connectivity index (χ2n) is 30.7. The zero-order chi connectivity index (χ0) is 69.6. The van der Waals surface area contributed by atoms with Crippen molar-refractivity contribution in [2.24, 2.45) is 0 Å². The van der Waals surface area contributed by atoms with Gasteiger partial charge in [0.2, 0.25) is 0 Å². The molecule has 4 aliphatic rings. The van der Waals surface area contributed by atoms with Crippen LogP contribution in [0.1, 0.15) is 94.5 Å². The van der Waals surface area contributed by atoms with Crippen molar-refractivity contribution in [2.45, 2.75) is 43.9 Å². The van der Waals surface area contributed by atoms with Gasteiger partial charge in [-0.3, -0.25) is 0 Å². The van der Waals surface area contributed by atoms with Crippen LogP contribution in [0.3, 0.4) is 0 Å². The van der Waals surface area contributed by atoms with E-state index >= 15 is 0 Å². The van der Waals surface area contributed by atoms with E-state index in [1.54, 1.807) is 0 Å². The smallest absolute Gasteiger partial charge is 0.0725 e. The van der Waals surface area contributed by atoms with Gasteiger partial charge in [-0.1, -0.05) is 295 Å². The van der Waals surface area contributed by atoms with Crippen molar-refractivity contribution in [1.82, 2.24) is 9.13 Å². The summed E-state index contributed by atoms with van der Waals surface area (Å²) in [6.07, 6.45) is 9.33. The largest absolute Gasteiger partial charge is 0.309 e. The van der Waals surface area contributed by atoms with Crippen LogP contribution in [0.4, 0.5) is 0 Å². The summed E-state index contributed by atoms with van der Waals surface area (Å²) in [7, 11) is 0. The van der Waals surface area contributed by atoms with Crippen LogP contribution < -0.4 is 0 Å². The maximum atomic E-state index is 2.49. The summed E-state index contributed by atoms with van der Waals surface area (Å²) >= 11 is 0. The molecule has 4 aliphatic carbocycles. The zero-order valence-electron chi connectivity index (χ0n) is 58.9. The van der Waals surface area contributed by atoms with E-state index in [9.17, 15) is 0 Å². The van der Waals surface area contributed by atoms with Crippen molar-refractivity contribution < 1.29 is 0 Å². The molecule has 0 bridgehead atoms. The topological polar surface area (TPSA) is 9.86 Å².